The molecule has 0 bridgehead atoms. The number of methoxy groups -OCH3 is 2. The van der Waals surface area contributed by atoms with Gasteiger partial charge in [-0.25, -0.2) is 0 Å². The van der Waals surface area contributed by atoms with Crippen molar-refractivity contribution in [2.75, 3.05) is 51.0 Å². The Morgan fingerprint density at radius 3 is 2.47 bits per heavy atom. The second kappa shape index (κ2) is 9.51. The fraction of sp³-hybridized carbons (Fsp3) is 0.240. The van der Waals surface area contributed by atoms with E-state index in [-0.39, 0.29) is 5.91 Å². The van der Waals surface area contributed by atoms with Crippen molar-refractivity contribution in [2.45, 2.75) is 0 Å². The van der Waals surface area contributed by atoms with Crippen LogP contribution in [0.15, 0.2) is 65.1 Å². The number of nitrogens with zero attached hydrogens (tertiary/aromatic N) is 2. The first-order valence-electron chi connectivity index (χ1n) is 10.5. The quantitative estimate of drug-likeness (QED) is 0.469. The molecule has 7 nitrogen and oxygen atoms in total. The number of hydrogen-bond acceptors (Lipinski definition) is 6. The zero-order valence-corrected chi connectivity index (χ0v) is 18.3. The number of nitrogens with two attached hydrogens (primary N) is 1. The highest BCUT2D eigenvalue weighted by Crippen LogP contribution is 2.33. The molecule has 0 aliphatic carbocycles. The van der Waals surface area contributed by atoms with Crippen molar-refractivity contribution < 1.29 is 18.7 Å². The van der Waals surface area contributed by atoms with Gasteiger partial charge in [0.1, 0.15) is 23.0 Å². The number of hydrogen-bond donors (Lipinski definition) is 1. The third-order valence-electron chi connectivity index (χ3n) is 5.53. The van der Waals surface area contributed by atoms with Crippen LogP contribution in [0.4, 0.5) is 11.4 Å². The van der Waals surface area contributed by atoms with Crippen LogP contribution >= 0.6 is 0 Å². The summed E-state index contributed by atoms with van der Waals surface area (Å²) in [5.41, 5.74) is 8.30. The van der Waals surface area contributed by atoms with Gasteiger partial charge in [0.05, 0.1) is 25.5 Å². The summed E-state index contributed by atoms with van der Waals surface area (Å²) in [6.45, 7) is 2.80. The van der Waals surface area contributed by atoms with Crippen LogP contribution in [0.25, 0.3) is 17.4 Å². The van der Waals surface area contributed by atoms with E-state index in [4.69, 9.17) is 19.6 Å². The lowest BCUT2D eigenvalue weighted by atomic mass is 10.1. The van der Waals surface area contributed by atoms with Gasteiger partial charge in [-0.3, -0.25) is 4.79 Å². The Morgan fingerprint density at radius 1 is 0.969 bits per heavy atom. The Kier molecular flexibility index (Phi) is 6.35. The molecular formula is C25H27N3O4. The van der Waals surface area contributed by atoms with Gasteiger partial charge in [-0.15, -0.1) is 0 Å². The summed E-state index contributed by atoms with van der Waals surface area (Å²) in [4.78, 5) is 16.8. The molecule has 32 heavy (non-hydrogen) atoms. The van der Waals surface area contributed by atoms with E-state index in [9.17, 15) is 4.79 Å². The molecule has 0 saturated carbocycles. The predicted molar refractivity (Wildman–Crippen MR) is 126 cm³/mol. The van der Waals surface area contributed by atoms with Crippen molar-refractivity contribution in [3.63, 3.8) is 0 Å². The number of amides is 1. The minimum Gasteiger partial charge on any atom is -0.496 e. The summed E-state index contributed by atoms with van der Waals surface area (Å²) in [6.07, 6.45) is 3.25. The number of nitrogen functional groups attached to an aromatic ring is 1. The topological polar surface area (TPSA) is 81.2 Å². The van der Waals surface area contributed by atoms with Gasteiger partial charge in [0.15, 0.2) is 0 Å². The highest BCUT2D eigenvalue weighted by atomic mass is 16.5. The molecule has 1 aliphatic rings. The molecule has 1 amide bonds. The fourth-order valence-corrected chi connectivity index (χ4v) is 3.82. The zero-order valence-electron chi connectivity index (χ0n) is 18.3. The molecule has 1 saturated heterocycles. The zero-order chi connectivity index (χ0) is 22.5. The second-order valence-corrected chi connectivity index (χ2v) is 7.48. The van der Waals surface area contributed by atoms with Crippen LogP contribution in [0.2, 0.25) is 0 Å². The Bertz CT molecular complexity index is 1110. The number of carbonyl (C=O) groups is 1. The molecule has 0 spiro atoms. The lowest BCUT2D eigenvalue weighted by Crippen LogP contribution is -2.48. The molecule has 7 heteroatoms. The van der Waals surface area contributed by atoms with Crippen LogP contribution in [0.5, 0.6) is 11.5 Å². The maximum Gasteiger partial charge on any atom is 0.246 e. The maximum absolute atomic E-state index is 12.7. The highest BCUT2D eigenvalue weighted by molar-refractivity contribution is 5.91. The highest BCUT2D eigenvalue weighted by Gasteiger charge is 2.21. The van der Waals surface area contributed by atoms with Crippen LogP contribution < -0.4 is 20.1 Å². The number of benzene rings is 2. The van der Waals surface area contributed by atoms with Gasteiger partial charge in [0.2, 0.25) is 5.91 Å². The minimum absolute atomic E-state index is 0.0345. The molecule has 2 aromatic carbocycles. The largest absolute Gasteiger partial charge is 0.496 e. The van der Waals surface area contributed by atoms with Gasteiger partial charge in [0.25, 0.3) is 0 Å². The Labute approximate surface area is 187 Å². The van der Waals surface area contributed by atoms with Crippen molar-refractivity contribution in [1.82, 2.24) is 4.90 Å². The van der Waals surface area contributed by atoms with Gasteiger partial charge in [0, 0.05) is 44.0 Å². The summed E-state index contributed by atoms with van der Waals surface area (Å²) in [5, 5.41) is 0. The van der Waals surface area contributed by atoms with E-state index in [0.29, 0.717) is 36.0 Å². The summed E-state index contributed by atoms with van der Waals surface area (Å²) >= 11 is 0. The lowest BCUT2D eigenvalue weighted by molar-refractivity contribution is -0.126. The minimum atomic E-state index is -0.0345. The maximum atomic E-state index is 12.7. The summed E-state index contributed by atoms with van der Waals surface area (Å²) in [7, 11) is 3.26. The van der Waals surface area contributed by atoms with Crippen LogP contribution in [0, 0.1) is 0 Å². The second-order valence-electron chi connectivity index (χ2n) is 7.48. The Balaban J connectivity index is 1.38. The van der Waals surface area contributed by atoms with Crippen molar-refractivity contribution in [1.29, 1.82) is 0 Å². The van der Waals surface area contributed by atoms with Gasteiger partial charge < -0.3 is 29.4 Å². The van der Waals surface area contributed by atoms with Gasteiger partial charge in [-0.2, -0.15) is 0 Å². The van der Waals surface area contributed by atoms with Crippen molar-refractivity contribution in [3.8, 4) is 22.8 Å². The van der Waals surface area contributed by atoms with Crippen LogP contribution in [-0.2, 0) is 4.79 Å². The average Bonchev–Trinajstić information content (AvgIpc) is 3.31. The molecule has 0 atom stereocenters. The number of piperazine rings is 1. The molecule has 2 N–H and O–H groups in total. The van der Waals surface area contributed by atoms with E-state index in [1.165, 1.54) is 0 Å². The van der Waals surface area contributed by atoms with Crippen LogP contribution in [0.1, 0.15) is 5.76 Å². The number of rotatable bonds is 6. The molecule has 1 fully saturated rings. The number of anilines is 2. The molecule has 166 valence electrons. The first-order chi connectivity index (χ1) is 15.6. The normalized spacial score (nSPS) is 14.1. The third kappa shape index (κ3) is 4.56. The molecule has 3 aromatic rings. The molecule has 0 radical (unpaired) electrons. The predicted octanol–water partition coefficient (Wildman–Crippen LogP) is 3.91. The number of para-hydroxylation sites is 2. The van der Waals surface area contributed by atoms with Crippen molar-refractivity contribution >= 4 is 23.4 Å². The molecule has 0 unspecified atom stereocenters. The van der Waals surface area contributed by atoms with Gasteiger partial charge >= 0.3 is 0 Å². The lowest BCUT2D eigenvalue weighted by Gasteiger charge is -2.36. The van der Waals surface area contributed by atoms with Crippen molar-refractivity contribution in [3.05, 3.63) is 66.4 Å². The number of carbonyl (C=O) groups excluding carboxylic acids is 1. The average molecular weight is 434 g/mol. The monoisotopic (exact) mass is 433 g/mol. The molecular weight excluding hydrogens is 406 g/mol. The summed E-state index contributed by atoms with van der Waals surface area (Å²) < 4.78 is 16.7. The standard InChI is InChI=1S/C25H27N3O4/c1-30-23-6-4-3-5-21(23)27-13-15-28(16-14-27)25(29)12-9-19-8-11-22(32-19)20-10-7-18(26)17-24(20)31-2/h3-12,17H,13-16,26H2,1-2H3/b12-9+. The Hall–Kier alpha value is -3.87. The van der Waals surface area contributed by atoms with E-state index >= 15 is 0 Å². The first kappa shape index (κ1) is 21.4. The SMILES string of the molecule is COc1cc(N)ccc1-c1ccc(/C=C/C(=O)N2CCN(c3ccccc3OC)CC2)o1. The fourth-order valence-electron chi connectivity index (χ4n) is 3.82. The first-order valence-corrected chi connectivity index (χ1v) is 10.5. The summed E-state index contributed by atoms with van der Waals surface area (Å²) in [5.74, 6) is 2.70. The van der Waals surface area contributed by atoms with E-state index < -0.39 is 0 Å². The van der Waals surface area contributed by atoms with E-state index in [1.807, 2.05) is 47.4 Å². The smallest absolute Gasteiger partial charge is 0.246 e. The Morgan fingerprint density at radius 2 is 1.72 bits per heavy atom. The third-order valence-corrected chi connectivity index (χ3v) is 5.53. The number of ether oxygens (including phenoxy) is 2. The summed E-state index contributed by atoms with van der Waals surface area (Å²) in [6, 6.07) is 17.0. The van der Waals surface area contributed by atoms with Gasteiger partial charge in [-0.1, -0.05) is 12.1 Å². The van der Waals surface area contributed by atoms with E-state index in [1.54, 1.807) is 38.5 Å². The van der Waals surface area contributed by atoms with E-state index in [0.717, 1.165) is 30.1 Å². The van der Waals surface area contributed by atoms with Crippen LogP contribution in [0.3, 0.4) is 0 Å². The van der Waals surface area contributed by atoms with Gasteiger partial charge in [-0.05, 0) is 42.5 Å². The van der Waals surface area contributed by atoms with E-state index in [2.05, 4.69) is 4.90 Å². The molecule has 4 rings (SSSR count). The molecule has 1 aromatic heterocycles. The van der Waals surface area contributed by atoms with Crippen LogP contribution in [-0.4, -0.2) is 51.2 Å². The molecule has 1 aliphatic heterocycles. The molecule has 2 heterocycles. The van der Waals surface area contributed by atoms with Crippen molar-refractivity contribution in [2.24, 2.45) is 0 Å². The number of furan rings is 1.